The number of carbonyl (C=O) groups excluding carboxylic acids is 1. The van der Waals surface area contributed by atoms with Crippen LogP contribution in [0.25, 0.3) is 10.2 Å². The second-order valence-corrected chi connectivity index (χ2v) is 9.19. The zero-order valence-corrected chi connectivity index (χ0v) is 20.2. The maximum Gasteiger partial charge on any atom is 0.280 e. The van der Waals surface area contributed by atoms with Crippen LogP contribution in [0.3, 0.4) is 0 Å². The van der Waals surface area contributed by atoms with Crippen molar-refractivity contribution in [2.24, 2.45) is 5.10 Å². The van der Waals surface area contributed by atoms with Gasteiger partial charge in [-0.05, 0) is 67.4 Å². The van der Waals surface area contributed by atoms with Crippen molar-refractivity contribution < 1.29 is 9.53 Å². The summed E-state index contributed by atoms with van der Waals surface area (Å²) in [4.78, 5) is 18.4. The van der Waals surface area contributed by atoms with Crippen LogP contribution in [-0.2, 0) is 0 Å². The number of anilines is 1. The molecule has 0 aliphatic rings. The van der Waals surface area contributed by atoms with Crippen LogP contribution in [0.5, 0.6) is 11.5 Å². The van der Waals surface area contributed by atoms with Crippen molar-refractivity contribution in [2.45, 2.75) is 13.8 Å². The van der Waals surface area contributed by atoms with Crippen molar-refractivity contribution in [1.29, 1.82) is 0 Å². The molecule has 0 N–H and O–H groups in total. The molecule has 0 atom stereocenters. The minimum Gasteiger partial charge on any atom is -0.457 e. The summed E-state index contributed by atoms with van der Waals surface area (Å²) in [6.07, 6.45) is 1.68. The van der Waals surface area contributed by atoms with Crippen molar-refractivity contribution >= 4 is 38.8 Å². The van der Waals surface area contributed by atoms with Crippen LogP contribution in [0.2, 0.25) is 0 Å². The van der Waals surface area contributed by atoms with E-state index in [0.29, 0.717) is 22.2 Å². The summed E-state index contributed by atoms with van der Waals surface area (Å²) in [5.74, 6) is 0.986. The van der Waals surface area contributed by atoms with Gasteiger partial charge in [-0.15, -0.1) is 0 Å². The molecule has 0 radical (unpaired) electrons. The van der Waals surface area contributed by atoms with Gasteiger partial charge in [-0.25, -0.2) is 4.98 Å². The van der Waals surface area contributed by atoms with Crippen LogP contribution in [0.15, 0.2) is 102 Å². The summed E-state index contributed by atoms with van der Waals surface area (Å²) < 4.78 is 6.94. The van der Waals surface area contributed by atoms with Crippen LogP contribution >= 0.6 is 11.3 Å². The summed E-state index contributed by atoms with van der Waals surface area (Å²) in [5, 5.41) is 6.44. The number of thiazole rings is 1. The highest BCUT2D eigenvalue weighted by Gasteiger charge is 2.21. The van der Waals surface area contributed by atoms with Gasteiger partial charge < -0.3 is 4.74 Å². The smallest absolute Gasteiger partial charge is 0.280 e. The molecule has 0 aliphatic carbocycles. The lowest BCUT2D eigenvalue weighted by Gasteiger charge is -2.14. The normalized spacial score (nSPS) is 11.1. The van der Waals surface area contributed by atoms with E-state index in [2.05, 4.69) is 11.2 Å². The Hall–Kier alpha value is -4.29. The minimum atomic E-state index is -0.289. The molecule has 0 unspecified atom stereocenters. The van der Waals surface area contributed by atoms with E-state index in [-0.39, 0.29) is 5.91 Å². The number of rotatable bonds is 6. The summed E-state index contributed by atoms with van der Waals surface area (Å²) >= 11 is 1.44. The van der Waals surface area contributed by atoms with Crippen LogP contribution in [0.4, 0.5) is 5.13 Å². The Morgan fingerprint density at radius 1 is 0.857 bits per heavy atom. The van der Waals surface area contributed by atoms with Gasteiger partial charge in [-0.3, -0.25) is 4.79 Å². The highest BCUT2D eigenvalue weighted by Crippen LogP contribution is 2.31. The van der Waals surface area contributed by atoms with Gasteiger partial charge in [0, 0.05) is 5.56 Å². The van der Waals surface area contributed by atoms with Crippen LogP contribution < -0.4 is 9.75 Å². The fourth-order valence-corrected chi connectivity index (χ4v) is 4.54. The molecular formula is C29H23N3O2S. The first kappa shape index (κ1) is 22.5. The molecule has 0 fully saturated rings. The molecule has 0 spiro atoms. The first-order chi connectivity index (χ1) is 17.0. The highest BCUT2D eigenvalue weighted by atomic mass is 32.1. The van der Waals surface area contributed by atoms with Gasteiger partial charge in [-0.2, -0.15) is 10.1 Å². The maximum absolute atomic E-state index is 13.7. The summed E-state index contributed by atoms with van der Waals surface area (Å²) in [6.45, 7) is 4.07. The first-order valence-electron chi connectivity index (χ1n) is 11.2. The fourth-order valence-electron chi connectivity index (χ4n) is 3.52. The Morgan fingerprint density at radius 2 is 1.60 bits per heavy atom. The van der Waals surface area contributed by atoms with Crippen LogP contribution in [-0.4, -0.2) is 17.1 Å². The largest absolute Gasteiger partial charge is 0.457 e. The van der Waals surface area contributed by atoms with Gasteiger partial charge in [0.2, 0.25) is 5.13 Å². The number of ether oxygens (including phenoxy) is 1. The van der Waals surface area contributed by atoms with Crippen molar-refractivity contribution in [3.63, 3.8) is 0 Å². The monoisotopic (exact) mass is 477 g/mol. The van der Waals surface area contributed by atoms with E-state index in [1.165, 1.54) is 16.3 Å². The molecule has 5 nitrogen and oxygen atoms in total. The van der Waals surface area contributed by atoms with Crippen molar-refractivity contribution in [3.8, 4) is 11.5 Å². The number of para-hydroxylation sites is 1. The zero-order valence-electron chi connectivity index (χ0n) is 19.4. The average Bonchev–Trinajstić information content (AvgIpc) is 3.29. The first-order valence-corrected chi connectivity index (χ1v) is 12.0. The molecule has 0 saturated heterocycles. The molecular weight excluding hydrogens is 454 g/mol. The molecule has 1 heterocycles. The van der Waals surface area contributed by atoms with Gasteiger partial charge >= 0.3 is 0 Å². The van der Waals surface area contributed by atoms with E-state index in [1.807, 2.05) is 86.6 Å². The third-order valence-electron chi connectivity index (χ3n) is 5.37. The number of benzene rings is 4. The van der Waals surface area contributed by atoms with E-state index in [4.69, 9.17) is 9.72 Å². The Balaban J connectivity index is 1.50. The average molecular weight is 478 g/mol. The molecule has 0 bridgehead atoms. The summed E-state index contributed by atoms with van der Waals surface area (Å²) in [5.41, 5.74) is 4.48. The van der Waals surface area contributed by atoms with Gasteiger partial charge in [0.05, 0.1) is 16.4 Å². The summed E-state index contributed by atoms with van der Waals surface area (Å²) in [6, 6.07) is 30.6. The number of carbonyl (C=O) groups is 1. The van der Waals surface area contributed by atoms with E-state index in [0.717, 1.165) is 26.9 Å². The number of hydrogen-bond acceptors (Lipinski definition) is 5. The van der Waals surface area contributed by atoms with E-state index < -0.39 is 0 Å². The molecule has 5 rings (SSSR count). The Labute approximate surface area is 208 Å². The van der Waals surface area contributed by atoms with E-state index in [1.54, 1.807) is 24.4 Å². The lowest BCUT2D eigenvalue weighted by atomic mass is 10.2. The second kappa shape index (κ2) is 9.91. The topological polar surface area (TPSA) is 54.8 Å². The molecule has 172 valence electrons. The number of hydrogen-bond donors (Lipinski definition) is 0. The fraction of sp³-hybridized carbons (Fsp3) is 0.0690. The molecule has 35 heavy (non-hydrogen) atoms. The Morgan fingerprint density at radius 3 is 2.40 bits per heavy atom. The van der Waals surface area contributed by atoms with Crippen LogP contribution in [0, 0.1) is 13.8 Å². The van der Waals surface area contributed by atoms with Crippen molar-refractivity contribution in [2.75, 3.05) is 5.01 Å². The maximum atomic E-state index is 13.7. The predicted octanol–water partition coefficient (Wildman–Crippen LogP) is 7.39. The molecule has 6 heteroatoms. The molecule has 1 amide bonds. The molecule has 0 saturated carbocycles. The second-order valence-electron chi connectivity index (χ2n) is 8.18. The van der Waals surface area contributed by atoms with Gasteiger partial charge in [0.25, 0.3) is 5.91 Å². The lowest BCUT2D eigenvalue weighted by molar-refractivity contribution is 0.0987. The summed E-state index contributed by atoms with van der Waals surface area (Å²) in [7, 11) is 0. The molecule has 1 aromatic heterocycles. The quantitative estimate of drug-likeness (QED) is 0.189. The van der Waals surface area contributed by atoms with Gasteiger partial charge in [-0.1, -0.05) is 71.5 Å². The standard InChI is InChI=1S/C29H23N3O2S/c1-20-11-14-22(15-12-20)19-30-32(29-31-26-16-13-21(2)17-27(26)35-29)28(33)23-7-6-10-25(18-23)34-24-8-4-3-5-9-24/h3-19H,1-2H3/b30-19+. The molecule has 0 aliphatic heterocycles. The third kappa shape index (κ3) is 5.28. The number of nitrogens with zero attached hydrogens (tertiary/aromatic N) is 3. The number of amides is 1. The van der Waals surface area contributed by atoms with E-state index >= 15 is 0 Å². The highest BCUT2D eigenvalue weighted by molar-refractivity contribution is 7.22. The van der Waals surface area contributed by atoms with Crippen LogP contribution in [0.1, 0.15) is 27.0 Å². The van der Waals surface area contributed by atoms with E-state index in [9.17, 15) is 4.79 Å². The number of fused-ring (bicyclic) bond motifs is 1. The third-order valence-corrected chi connectivity index (χ3v) is 6.36. The Bertz CT molecular complexity index is 1510. The number of hydrazone groups is 1. The number of aryl methyl sites for hydroxylation is 2. The Kier molecular flexibility index (Phi) is 6.37. The minimum absolute atomic E-state index is 0.289. The predicted molar refractivity (Wildman–Crippen MR) is 143 cm³/mol. The molecule has 4 aromatic carbocycles. The lowest BCUT2D eigenvalue weighted by Crippen LogP contribution is -2.25. The van der Waals surface area contributed by atoms with Gasteiger partial charge in [0.1, 0.15) is 11.5 Å². The zero-order chi connectivity index (χ0) is 24.2. The van der Waals surface area contributed by atoms with Crippen molar-refractivity contribution in [1.82, 2.24) is 4.98 Å². The molecule has 5 aromatic rings. The number of aromatic nitrogens is 1. The SMILES string of the molecule is Cc1ccc(/C=N/N(C(=O)c2cccc(Oc3ccccc3)c2)c2nc3ccc(C)cc3s2)cc1. The van der Waals surface area contributed by atoms with Crippen molar-refractivity contribution in [3.05, 3.63) is 119 Å². The van der Waals surface area contributed by atoms with Gasteiger partial charge in [0.15, 0.2) is 0 Å².